The van der Waals surface area contributed by atoms with E-state index in [0.29, 0.717) is 24.6 Å². The van der Waals surface area contributed by atoms with Gasteiger partial charge in [-0.25, -0.2) is 0 Å². The predicted octanol–water partition coefficient (Wildman–Crippen LogP) is 2.72. The number of nitro benzene ring substituents is 1. The van der Waals surface area contributed by atoms with E-state index in [1.165, 1.54) is 12.1 Å². The standard InChI is InChI=1S/C17H19N3O4/c1-2-24-16-9-14(8-15(10-16)20(22)23)18-12-17(21)19-11-13-6-4-3-5-7-13/h3-10,18H,2,11-12H2,1H3,(H,19,21). The summed E-state index contributed by atoms with van der Waals surface area (Å²) in [7, 11) is 0. The van der Waals surface area contributed by atoms with E-state index in [1.807, 2.05) is 30.3 Å². The summed E-state index contributed by atoms with van der Waals surface area (Å²) in [6, 6.07) is 13.9. The molecule has 1 amide bonds. The smallest absolute Gasteiger partial charge is 0.275 e. The summed E-state index contributed by atoms with van der Waals surface area (Å²) < 4.78 is 5.30. The molecule has 7 nitrogen and oxygen atoms in total. The third kappa shape index (κ3) is 5.28. The SMILES string of the molecule is CCOc1cc(NCC(=O)NCc2ccccc2)cc([N+](=O)[O-])c1. The Morgan fingerprint density at radius 2 is 1.96 bits per heavy atom. The highest BCUT2D eigenvalue weighted by atomic mass is 16.6. The summed E-state index contributed by atoms with van der Waals surface area (Å²) in [5.74, 6) is 0.183. The molecule has 2 rings (SSSR count). The van der Waals surface area contributed by atoms with Crippen molar-refractivity contribution in [1.82, 2.24) is 5.32 Å². The predicted molar refractivity (Wildman–Crippen MR) is 91.0 cm³/mol. The monoisotopic (exact) mass is 329 g/mol. The van der Waals surface area contributed by atoms with Gasteiger partial charge in [0.2, 0.25) is 5.91 Å². The van der Waals surface area contributed by atoms with Crippen LogP contribution >= 0.6 is 0 Å². The van der Waals surface area contributed by atoms with Crippen LogP contribution in [0.2, 0.25) is 0 Å². The van der Waals surface area contributed by atoms with Gasteiger partial charge in [-0.15, -0.1) is 0 Å². The van der Waals surface area contributed by atoms with Gasteiger partial charge in [-0.2, -0.15) is 0 Å². The largest absolute Gasteiger partial charge is 0.494 e. The number of nitrogens with zero attached hydrogens (tertiary/aromatic N) is 1. The van der Waals surface area contributed by atoms with E-state index >= 15 is 0 Å². The number of nitro groups is 1. The highest BCUT2D eigenvalue weighted by molar-refractivity contribution is 5.80. The highest BCUT2D eigenvalue weighted by Gasteiger charge is 2.11. The molecule has 0 heterocycles. The number of hydrogen-bond donors (Lipinski definition) is 2. The van der Waals surface area contributed by atoms with Crippen molar-refractivity contribution >= 4 is 17.3 Å². The van der Waals surface area contributed by atoms with Crippen molar-refractivity contribution in [3.8, 4) is 5.75 Å². The highest BCUT2D eigenvalue weighted by Crippen LogP contribution is 2.25. The summed E-state index contributed by atoms with van der Waals surface area (Å²) in [6.07, 6.45) is 0. The fourth-order valence-electron chi connectivity index (χ4n) is 2.08. The zero-order valence-corrected chi connectivity index (χ0v) is 13.3. The molecular formula is C17H19N3O4. The first-order chi connectivity index (χ1) is 11.6. The van der Waals surface area contributed by atoms with E-state index in [4.69, 9.17) is 4.74 Å². The minimum Gasteiger partial charge on any atom is -0.494 e. The molecule has 24 heavy (non-hydrogen) atoms. The van der Waals surface area contributed by atoms with Gasteiger partial charge in [-0.05, 0) is 12.5 Å². The van der Waals surface area contributed by atoms with Gasteiger partial charge in [0.15, 0.2) is 0 Å². The molecule has 0 saturated heterocycles. The number of non-ortho nitro benzene ring substituents is 1. The molecule has 0 bridgehead atoms. The number of amides is 1. The number of benzene rings is 2. The molecule has 2 N–H and O–H groups in total. The Morgan fingerprint density at radius 1 is 1.21 bits per heavy atom. The van der Waals surface area contributed by atoms with Gasteiger partial charge in [-0.3, -0.25) is 14.9 Å². The molecule has 2 aromatic rings. The summed E-state index contributed by atoms with van der Waals surface area (Å²) in [5, 5.41) is 16.6. The van der Waals surface area contributed by atoms with Crippen LogP contribution in [0, 0.1) is 10.1 Å². The number of carbonyl (C=O) groups excluding carboxylic acids is 1. The van der Waals surface area contributed by atoms with E-state index in [0.717, 1.165) is 5.56 Å². The quantitative estimate of drug-likeness (QED) is 0.574. The maximum atomic E-state index is 11.9. The van der Waals surface area contributed by atoms with E-state index in [2.05, 4.69) is 10.6 Å². The zero-order valence-electron chi connectivity index (χ0n) is 13.3. The Kier molecular flexibility index (Phi) is 6.13. The molecule has 0 aromatic heterocycles. The van der Waals surface area contributed by atoms with Crippen molar-refractivity contribution in [3.63, 3.8) is 0 Å². The average Bonchev–Trinajstić information content (AvgIpc) is 2.59. The van der Waals surface area contributed by atoms with Crippen LogP contribution in [0.5, 0.6) is 5.75 Å². The second-order valence-corrected chi connectivity index (χ2v) is 5.02. The lowest BCUT2D eigenvalue weighted by atomic mass is 10.2. The minimum atomic E-state index is -0.497. The number of ether oxygens (including phenoxy) is 1. The van der Waals surface area contributed by atoms with Gasteiger partial charge in [0.05, 0.1) is 24.1 Å². The first-order valence-corrected chi connectivity index (χ1v) is 7.55. The fourth-order valence-corrected chi connectivity index (χ4v) is 2.08. The van der Waals surface area contributed by atoms with Crippen molar-refractivity contribution < 1.29 is 14.5 Å². The first kappa shape index (κ1) is 17.3. The van der Waals surface area contributed by atoms with Gasteiger partial charge in [0.25, 0.3) is 5.69 Å². The van der Waals surface area contributed by atoms with Crippen molar-refractivity contribution in [2.75, 3.05) is 18.5 Å². The van der Waals surface area contributed by atoms with Crippen molar-refractivity contribution in [2.24, 2.45) is 0 Å². The van der Waals surface area contributed by atoms with E-state index < -0.39 is 4.92 Å². The van der Waals surface area contributed by atoms with Crippen LogP contribution in [0.1, 0.15) is 12.5 Å². The van der Waals surface area contributed by atoms with Crippen LogP contribution in [0.15, 0.2) is 48.5 Å². The molecule has 0 atom stereocenters. The van der Waals surface area contributed by atoms with Crippen LogP contribution in [0.25, 0.3) is 0 Å². The number of carbonyl (C=O) groups is 1. The van der Waals surface area contributed by atoms with Gasteiger partial charge in [0, 0.05) is 24.4 Å². The van der Waals surface area contributed by atoms with Crippen LogP contribution in [-0.2, 0) is 11.3 Å². The summed E-state index contributed by atoms with van der Waals surface area (Å²) in [5.41, 5.74) is 1.37. The number of rotatable bonds is 8. The van der Waals surface area contributed by atoms with Gasteiger partial charge in [-0.1, -0.05) is 30.3 Å². The number of hydrogen-bond acceptors (Lipinski definition) is 5. The molecule has 0 unspecified atom stereocenters. The molecule has 2 aromatic carbocycles. The molecule has 0 saturated carbocycles. The van der Waals surface area contributed by atoms with Gasteiger partial charge >= 0.3 is 0 Å². The number of anilines is 1. The van der Waals surface area contributed by atoms with Gasteiger partial charge in [0.1, 0.15) is 5.75 Å². The van der Waals surface area contributed by atoms with E-state index in [-0.39, 0.29) is 18.1 Å². The molecule has 0 aliphatic heterocycles. The lowest BCUT2D eigenvalue weighted by Gasteiger charge is -2.10. The molecule has 126 valence electrons. The Hall–Kier alpha value is -3.09. The summed E-state index contributed by atoms with van der Waals surface area (Å²) in [4.78, 5) is 22.3. The van der Waals surface area contributed by atoms with Crippen LogP contribution in [0.3, 0.4) is 0 Å². The second kappa shape index (κ2) is 8.52. The van der Waals surface area contributed by atoms with Crippen LogP contribution in [0.4, 0.5) is 11.4 Å². The van der Waals surface area contributed by atoms with Crippen LogP contribution < -0.4 is 15.4 Å². The van der Waals surface area contributed by atoms with Gasteiger partial charge < -0.3 is 15.4 Å². The molecular weight excluding hydrogens is 310 g/mol. The lowest BCUT2D eigenvalue weighted by Crippen LogP contribution is -2.29. The van der Waals surface area contributed by atoms with Crippen LogP contribution in [-0.4, -0.2) is 24.0 Å². The second-order valence-electron chi connectivity index (χ2n) is 5.02. The number of nitrogens with one attached hydrogen (secondary N) is 2. The molecule has 0 radical (unpaired) electrons. The Bertz CT molecular complexity index is 704. The fraction of sp³-hybridized carbons (Fsp3) is 0.235. The van der Waals surface area contributed by atoms with Crippen molar-refractivity contribution in [1.29, 1.82) is 0 Å². The average molecular weight is 329 g/mol. The molecule has 0 spiro atoms. The van der Waals surface area contributed by atoms with Crippen molar-refractivity contribution in [3.05, 3.63) is 64.2 Å². The first-order valence-electron chi connectivity index (χ1n) is 7.55. The molecule has 7 heteroatoms. The molecule has 0 aliphatic rings. The maximum Gasteiger partial charge on any atom is 0.275 e. The molecule has 0 fully saturated rings. The lowest BCUT2D eigenvalue weighted by molar-refractivity contribution is -0.384. The molecule has 0 aliphatic carbocycles. The third-order valence-electron chi connectivity index (χ3n) is 3.20. The Labute approximate surface area is 139 Å². The normalized spacial score (nSPS) is 10.0. The minimum absolute atomic E-state index is 0.0135. The summed E-state index contributed by atoms with van der Waals surface area (Å²) >= 11 is 0. The van der Waals surface area contributed by atoms with E-state index in [9.17, 15) is 14.9 Å². The maximum absolute atomic E-state index is 11.9. The topological polar surface area (TPSA) is 93.5 Å². The Balaban J connectivity index is 1.92. The Morgan fingerprint density at radius 3 is 2.62 bits per heavy atom. The zero-order chi connectivity index (χ0) is 17.4. The van der Waals surface area contributed by atoms with Crippen molar-refractivity contribution in [2.45, 2.75) is 13.5 Å². The van der Waals surface area contributed by atoms with E-state index in [1.54, 1.807) is 13.0 Å². The third-order valence-corrected chi connectivity index (χ3v) is 3.20. The summed E-state index contributed by atoms with van der Waals surface area (Å²) in [6.45, 7) is 2.64.